The lowest BCUT2D eigenvalue weighted by molar-refractivity contribution is 0.0945. The van der Waals surface area contributed by atoms with Crippen molar-refractivity contribution in [3.63, 3.8) is 0 Å². The first-order valence-corrected chi connectivity index (χ1v) is 8.60. The van der Waals surface area contributed by atoms with Gasteiger partial charge in [0.15, 0.2) is 0 Å². The summed E-state index contributed by atoms with van der Waals surface area (Å²) in [4.78, 5) is 24.3. The number of amides is 1. The fraction of sp³-hybridized carbons (Fsp3) is 0.100. The number of ether oxygens (including phenoxy) is 1. The molecule has 0 aliphatic rings. The van der Waals surface area contributed by atoms with E-state index in [1.807, 2.05) is 30.3 Å². The van der Waals surface area contributed by atoms with Crippen LogP contribution in [0.5, 0.6) is 5.75 Å². The van der Waals surface area contributed by atoms with Crippen LogP contribution in [0.15, 0.2) is 59.4 Å². The second-order valence-corrected chi connectivity index (χ2v) is 6.13. The Balaban J connectivity index is 1.52. The fourth-order valence-corrected chi connectivity index (χ4v) is 2.93. The van der Waals surface area contributed by atoms with Gasteiger partial charge in [0.1, 0.15) is 11.4 Å². The predicted octanol–water partition coefficient (Wildman–Crippen LogP) is 2.25. The van der Waals surface area contributed by atoms with E-state index in [0.29, 0.717) is 33.6 Å². The molecule has 0 bridgehead atoms. The number of H-pyrrole nitrogens is 2. The average molecular weight is 375 g/mol. The lowest BCUT2D eigenvalue weighted by Gasteiger charge is -2.06. The molecule has 8 heteroatoms. The average Bonchev–Trinajstić information content (AvgIpc) is 3.24. The minimum atomic E-state index is -0.321. The molecule has 0 aliphatic heterocycles. The van der Waals surface area contributed by atoms with Crippen LogP contribution < -0.4 is 15.6 Å². The Morgan fingerprint density at radius 3 is 2.68 bits per heavy atom. The number of benzene rings is 2. The highest BCUT2D eigenvalue weighted by Gasteiger charge is 2.13. The van der Waals surface area contributed by atoms with Crippen LogP contribution in [0.25, 0.3) is 22.0 Å². The van der Waals surface area contributed by atoms with Gasteiger partial charge in [0.2, 0.25) is 0 Å². The second kappa shape index (κ2) is 7.36. The van der Waals surface area contributed by atoms with Gasteiger partial charge in [-0.15, -0.1) is 0 Å². The second-order valence-electron chi connectivity index (χ2n) is 6.13. The molecule has 28 heavy (non-hydrogen) atoms. The Bertz CT molecular complexity index is 1210. The molecule has 4 rings (SSSR count). The van der Waals surface area contributed by atoms with Crippen LogP contribution in [0.2, 0.25) is 0 Å². The van der Waals surface area contributed by atoms with Crippen LogP contribution in [0, 0.1) is 0 Å². The summed E-state index contributed by atoms with van der Waals surface area (Å²) < 4.78 is 5.21. The van der Waals surface area contributed by atoms with E-state index < -0.39 is 0 Å². The number of hydrogen-bond acceptors (Lipinski definition) is 5. The van der Waals surface area contributed by atoms with E-state index in [9.17, 15) is 9.59 Å². The summed E-state index contributed by atoms with van der Waals surface area (Å²) in [7, 11) is 1.59. The number of nitrogens with zero attached hydrogens (tertiary/aromatic N) is 2. The molecule has 0 atom stereocenters. The summed E-state index contributed by atoms with van der Waals surface area (Å²) in [6, 6.07) is 16.2. The molecule has 0 fully saturated rings. The van der Waals surface area contributed by atoms with Crippen LogP contribution in [0.3, 0.4) is 0 Å². The maximum absolute atomic E-state index is 12.5. The van der Waals surface area contributed by atoms with Crippen LogP contribution in [-0.2, 0) is 6.54 Å². The zero-order valence-corrected chi connectivity index (χ0v) is 15.0. The van der Waals surface area contributed by atoms with Crippen LogP contribution >= 0.6 is 0 Å². The number of nitrogens with one attached hydrogen (secondary N) is 3. The van der Waals surface area contributed by atoms with Crippen molar-refractivity contribution in [3.05, 3.63) is 76.3 Å². The Hall–Kier alpha value is -3.94. The lowest BCUT2D eigenvalue weighted by Crippen LogP contribution is -2.25. The number of rotatable bonds is 5. The molecule has 140 valence electrons. The molecular formula is C20H17N5O3. The maximum Gasteiger partial charge on any atom is 0.272 e. The summed E-state index contributed by atoms with van der Waals surface area (Å²) in [5.41, 5.74) is 2.12. The van der Waals surface area contributed by atoms with Crippen molar-refractivity contribution in [2.45, 2.75) is 6.54 Å². The molecule has 4 aromatic rings. The van der Waals surface area contributed by atoms with Gasteiger partial charge in [0.25, 0.3) is 11.5 Å². The molecule has 0 radical (unpaired) electrons. The van der Waals surface area contributed by atoms with Gasteiger partial charge in [-0.25, -0.2) is 5.10 Å². The SMILES string of the molecule is COc1cccc(-c2cc(C(=O)NCc3n[nH]c(=O)c4ccccc34)[nH]n2)c1. The molecule has 2 aromatic carbocycles. The number of carbonyl (C=O) groups excluding carboxylic acids is 1. The van der Waals surface area contributed by atoms with Crippen molar-refractivity contribution in [1.29, 1.82) is 0 Å². The van der Waals surface area contributed by atoms with E-state index in [-0.39, 0.29) is 18.0 Å². The van der Waals surface area contributed by atoms with Gasteiger partial charge in [-0.1, -0.05) is 30.3 Å². The summed E-state index contributed by atoms with van der Waals surface area (Å²) in [5, 5.41) is 17.5. The van der Waals surface area contributed by atoms with Crippen LogP contribution in [0.4, 0.5) is 0 Å². The highest BCUT2D eigenvalue weighted by Crippen LogP contribution is 2.22. The van der Waals surface area contributed by atoms with E-state index in [4.69, 9.17) is 4.74 Å². The summed E-state index contributed by atoms with van der Waals surface area (Å²) in [6.07, 6.45) is 0. The largest absolute Gasteiger partial charge is 0.497 e. The van der Waals surface area contributed by atoms with Crippen molar-refractivity contribution in [2.75, 3.05) is 7.11 Å². The molecule has 2 aromatic heterocycles. The summed E-state index contributed by atoms with van der Waals surface area (Å²) in [6.45, 7) is 0.170. The fourth-order valence-electron chi connectivity index (χ4n) is 2.93. The van der Waals surface area contributed by atoms with Gasteiger partial charge in [0, 0.05) is 10.9 Å². The third-order valence-corrected chi connectivity index (χ3v) is 4.38. The third kappa shape index (κ3) is 3.35. The molecule has 0 aliphatic carbocycles. The van der Waals surface area contributed by atoms with Gasteiger partial charge >= 0.3 is 0 Å². The third-order valence-electron chi connectivity index (χ3n) is 4.38. The summed E-state index contributed by atoms with van der Waals surface area (Å²) >= 11 is 0. The Morgan fingerprint density at radius 1 is 1.04 bits per heavy atom. The summed E-state index contributed by atoms with van der Waals surface area (Å²) in [5.74, 6) is 0.390. The molecule has 0 saturated heterocycles. The first-order valence-electron chi connectivity index (χ1n) is 8.60. The Morgan fingerprint density at radius 2 is 1.86 bits per heavy atom. The number of aromatic nitrogens is 4. The monoisotopic (exact) mass is 375 g/mol. The lowest BCUT2D eigenvalue weighted by atomic mass is 10.1. The van der Waals surface area contributed by atoms with Gasteiger partial charge in [0.05, 0.1) is 30.4 Å². The highest BCUT2D eigenvalue weighted by atomic mass is 16.5. The number of hydrogen-bond donors (Lipinski definition) is 3. The van der Waals surface area contributed by atoms with Gasteiger partial charge in [-0.3, -0.25) is 14.7 Å². The minimum absolute atomic E-state index is 0.170. The van der Waals surface area contributed by atoms with Gasteiger partial charge in [-0.05, 0) is 24.3 Å². The van der Waals surface area contributed by atoms with Crippen molar-refractivity contribution in [3.8, 4) is 17.0 Å². The van der Waals surface area contributed by atoms with Crippen molar-refractivity contribution in [1.82, 2.24) is 25.7 Å². The number of carbonyl (C=O) groups is 1. The predicted molar refractivity (Wildman–Crippen MR) is 104 cm³/mol. The normalized spacial score (nSPS) is 10.8. The molecule has 8 nitrogen and oxygen atoms in total. The maximum atomic E-state index is 12.5. The Labute approximate surface area is 159 Å². The highest BCUT2D eigenvalue weighted by molar-refractivity contribution is 5.93. The first kappa shape index (κ1) is 17.5. The molecule has 0 saturated carbocycles. The van der Waals surface area contributed by atoms with E-state index in [1.54, 1.807) is 31.4 Å². The molecular weight excluding hydrogens is 358 g/mol. The van der Waals surface area contributed by atoms with Crippen molar-refractivity contribution in [2.24, 2.45) is 0 Å². The molecule has 1 amide bonds. The molecule has 3 N–H and O–H groups in total. The smallest absolute Gasteiger partial charge is 0.272 e. The van der Waals surface area contributed by atoms with E-state index >= 15 is 0 Å². The molecule has 2 heterocycles. The topological polar surface area (TPSA) is 113 Å². The first-order chi connectivity index (χ1) is 13.7. The molecule has 0 unspecified atom stereocenters. The van der Waals surface area contributed by atoms with Gasteiger partial charge < -0.3 is 10.1 Å². The zero-order valence-electron chi connectivity index (χ0n) is 15.0. The van der Waals surface area contributed by atoms with Gasteiger partial charge in [-0.2, -0.15) is 10.2 Å². The van der Waals surface area contributed by atoms with E-state index in [2.05, 4.69) is 25.7 Å². The zero-order chi connectivity index (χ0) is 19.5. The quantitative estimate of drug-likeness (QED) is 0.495. The molecule has 0 spiro atoms. The van der Waals surface area contributed by atoms with E-state index in [1.165, 1.54) is 0 Å². The van der Waals surface area contributed by atoms with E-state index in [0.717, 1.165) is 5.56 Å². The Kier molecular flexibility index (Phi) is 4.59. The number of fused-ring (bicyclic) bond motifs is 1. The minimum Gasteiger partial charge on any atom is -0.497 e. The van der Waals surface area contributed by atoms with Crippen molar-refractivity contribution >= 4 is 16.7 Å². The number of aromatic amines is 2. The standard InChI is InChI=1S/C20H17N5O3/c1-28-13-6-4-5-12(9-13)16-10-17(23-22-16)20(27)21-11-18-14-7-2-3-8-15(14)19(26)25-24-18/h2-10H,11H2,1H3,(H,21,27)(H,22,23)(H,25,26). The van der Waals surface area contributed by atoms with Crippen LogP contribution in [0.1, 0.15) is 16.2 Å². The number of methoxy groups -OCH3 is 1. The van der Waals surface area contributed by atoms with Crippen LogP contribution in [-0.4, -0.2) is 33.4 Å². The van der Waals surface area contributed by atoms with Crippen molar-refractivity contribution < 1.29 is 9.53 Å².